The van der Waals surface area contributed by atoms with E-state index < -0.39 is 47.6 Å². The van der Waals surface area contributed by atoms with Crippen LogP contribution in [0.2, 0.25) is 0 Å². The fourth-order valence-corrected chi connectivity index (χ4v) is 13.7. The van der Waals surface area contributed by atoms with E-state index in [1.165, 1.54) is 25.7 Å². The molecule has 0 radical (unpaired) electrons. The predicted octanol–water partition coefficient (Wildman–Crippen LogP) is 8.42. The van der Waals surface area contributed by atoms with E-state index in [0.29, 0.717) is 71.4 Å². The number of hydrogen-bond donors (Lipinski definition) is 3. The fraction of sp³-hybridized carbons (Fsp3) is 0.484. The Morgan fingerprint density at radius 3 is 1.57 bits per heavy atom. The van der Waals surface area contributed by atoms with Gasteiger partial charge in [0.1, 0.15) is 51.1 Å². The van der Waals surface area contributed by atoms with Gasteiger partial charge in [-0.25, -0.2) is 29.5 Å². The molecule has 0 spiro atoms. The first kappa shape index (κ1) is 56.6. The minimum absolute atomic E-state index is 0.0593. The van der Waals surface area contributed by atoms with Crippen molar-refractivity contribution in [3.63, 3.8) is 0 Å². The number of benzene rings is 2. The lowest BCUT2D eigenvalue weighted by Gasteiger charge is -2.31. The van der Waals surface area contributed by atoms with Crippen molar-refractivity contribution in [1.82, 2.24) is 58.6 Å². The number of aromatic nitrogens is 8. The fourth-order valence-electron chi connectivity index (χ4n) is 13.7. The maximum atomic E-state index is 14.0. The maximum Gasteiger partial charge on any atom is 0.407 e. The summed E-state index contributed by atoms with van der Waals surface area (Å²) in [6.07, 6.45) is 7.46. The van der Waals surface area contributed by atoms with Crippen LogP contribution >= 0.6 is 0 Å². The van der Waals surface area contributed by atoms with Crippen molar-refractivity contribution in [2.45, 2.75) is 135 Å². The topological polar surface area (TPSA) is 244 Å². The molecule has 4 saturated carbocycles. The second-order valence-corrected chi connectivity index (χ2v) is 26.3. The zero-order valence-electron chi connectivity index (χ0n) is 50.3. The number of rotatable bonds is 12. The number of aryl methyl sites for hydroxylation is 2. The van der Waals surface area contributed by atoms with Crippen molar-refractivity contribution in [3.05, 3.63) is 84.2 Å². The molecule has 22 heteroatoms. The largest absolute Gasteiger partial charge is 0.494 e. The highest BCUT2D eigenvalue weighted by Crippen LogP contribution is 2.43. The van der Waals surface area contributed by atoms with E-state index in [1.54, 1.807) is 89.8 Å². The summed E-state index contributed by atoms with van der Waals surface area (Å²) in [4.78, 5) is 88.6. The van der Waals surface area contributed by atoms with Crippen LogP contribution in [0.15, 0.2) is 73.1 Å². The summed E-state index contributed by atoms with van der Waals surface area (Å²) in [5, 5.41) is 18.7. The van der Waals surface area contributed by atoms with Gasteiger partial charge in [-0.15, -0.1) is 0 Å². The molecule has 7 atom stereocenters. The average molecular weight is 1170 g/mol. The zero-order chi connectivity index (χ0) is 60.4. The highest BCUT2D eigenvalue weighted by Gasteiger charge is 2.56. The Labute approximate surface area is 497 Å². The molecule has 2 aromatic carbocycles. The van der Waals surface area contributed by atoms with Gasteiger partial charge in [-0.2, -0.15) is 0 Å². The predicted molar refractivity (Wildman–Crippen MR) is 321 cm³/mol. The number of aliphatic hydroxyl groups excluding tert-OH is 1. The highest BCUT2D eigenvalue weighted by molar-refractivity contribution is 6.04. The molecule has 4 aliphatic carbocycles. The molecule has 8 aromatic rings. The number of piperidine rings is 2. The molecular weight excluding hydrogens is 1100 g/mol. The van der Waals surface area contributed by atoms with Crippen LogP contribution in [-0.4, -0.2) is 152 Å². The number of amides is 4. The van der Waals surface area contributed by atoms with Crippen molar-refractivity contribution in [2.24, 2.45) is 37.8 Å². The summed E-state index contributed by atoms with van der Waals surface area (Å²) in [6.45, 7) is 13.3. The number of Topliss-reactive ketones (excluding diaryl/α,β-unsaturated/α-hetero) is 1. The van der Waals surface area contributed by atoms with Crippen molar-refractivity contribution in [2.75, 3.05) is 27.3 Å². The SMILES string of the molecule is COc1cc(C(=O)N2C[C@H]3CC(=O)[C@@H]2[C@@H]3NC(=O)OC(C)(C)C)cc2nc(-c3cc4cccnc4n3CC3CC3)n(C)c12.COc1cc(C(=O)N2C[C@H]3C[C@H](O)[C@@H]2[C@@H]3NC(=O)OC(C)(C)C)cc2nc(-c3cc4cccnc4n3CC3CC3)n(C)c12. The van der Waals surface area contributed by atoms with Gasteiger partial charge in [0.15, 0.2) is 17.4 Å². The van der Waals surface area contributed by atoms with Gasteiger partial charge in [-0.1, -0.05) is 0 Å². The standard InChI is InChI=1S/C32H38N6O5.C32H36N6O5/c2*1-32(2,3)43-31(41)35-25-20-13-23(39)27(25)38(16-20)30(40)19-11-21-26(24(14-19)42-5)36(4)29(34-21)22-12-18-7-6-10-33-28(18)37(22)15-17-8-9-17/h6-7,10-12,14,17,20,23,25,27,39H,8-9,13,15-16H2,1-5H3,(H,35,41);6-7,10-12,14,17,20,25,27H,8-9,13,15-16H2,1-5H3,(H,35,41)/t20-,23+,25-,27-;20-,25-,27-/m11/s1. The van der Waals surface area contributed by atoms with Crippen LogP contribution in [0, 0.1) is 23.7 Å². The second kappa shape index (κ2) is 21.2. The molecule has 2 aliphatic heterocycles. The lowest BCUT2D eigenvalue weighted by Crippen LogP contribution is -2.51. The van der Waals surface area contributed by atoms with E-state index in [0.717, 1.165) is 69.2 Å². The number of fused-ring (bicyclic) bond motifs is 8. The first-order chi connectivity index (χ1) is 41.0. The van der Waals surface area contributed by atoms with E-state index in [9.17, 15) is 29.1 Å². The van der Waals surface area contributed by atoms with E-state index in [1.807, 2.05) is 47.8 Å². The number of aliphatic hydroxyl groups is 1. The molecule has 4 bridgehead atoms. The highest BCUT2D eigenvalue weighted by atomic mass is 16.6. The van der Waals surface area contributed by atoms with E-state index in [4.69, 9.17) is 28.9 Å². The van der Waals surface area contributed by atoms with Gasteiger partial charge in [0.2, 0.25) is 0 Å². The van der Waals surface area contributed by atoms with Crippen LogP contribution in [0.1, 0.15) is 101 Å². The second-order valence-electron chi connectivity index (χ2n) is 26.3. The quantitative estimate of drug-likeness (QED) is 0.104. The number of ether oxygens (including phenoxy) is 4. The number of imidazole rings is 2. The Morgan fingerprint density at radius 2 is 1.10 bits per heavy atom. The summed E-state index contributed by atoms with van der Waals surface area (Å²) in [5.41, 5.74) is 6.13. The zero-order valence-corrected chi connectivity index (χ0v) is 50.3. The van der Waals surface area contributed by atoms with Crippen LogP contribution < -0.4 is 20.1 Å². The van der Waals surface area contributed by atoms with Gasteiger partial charge >= 0.3 is 12.2 Å². The Bertz CT molecular complexity index is 4060. The third kappa shape index (κ3) is 10.3. The molecule has 6 aromatic heterocycles. The summed E-state index contributed by atoms with van der Waals surface area (Å²) in [5.74, 6) is 3.05. The smallest absolute Gasteiger partial charge is 0.407 e. The molecule has 22 nitrogen and oxygen atoms in total. The number of ketones is 1. The number of pyridine rings is 2. The molecule has 2 saturated heterocycles. The van der Waals surface area contributed by atoms with Crippen LogP contribution in [0.3, 0.4) is 0 Å². The Balaban J connectivity index is 0.000000160. The molecule has 450 valence electrons. The van der Waals surface area contributed by atoms with Gasteiger partial charge in [-0.05, 0) is 146 Å². The first-order valence-electron chi connectivity index (χ1n) is 29.8. The minimum Gasteiger partial charge on any atom is -0.494 e. The molecule has 4 amide bonds. The normalized spacial score (nSPS) is 22.5. The Hall–Kier alpha value is -8.53. The molecule has 6 aliphatic rings. The third-order valence-electron chi connectivity index (χ3n) is 17.7. The number of methoxy groups -OCH3 is 2. The lowest BCUT2D eigenvalue weighted by atomic mass is 10.1. The summed E-state index contributed by atoms with van der Waals surface area (Å²) in [7, 11) is 7.08. The van der Waals surface area contributed by atoms with E-state index >= 15 is 0 Å². The molecule has 86 heavy (non-hydrogen) atoms. The van der Waals surface area contributed by atoms with Crippen LogP contribution in [0.4, 0.5) is 9.59 Å². The number of carbonyl (C=O) groups is 5. The van der Waals surface area contributed by atoms with Gasteiger partial charge in [0, 0.05) is 92.8 Å². The minimum atomic E-state index is -0.739. The Kier molecular flexibility index (Phi) is 13.9. The number of hydrogen-bond acceptors (Lipinski definition) is 14. The van der Waals surface area contributed by atoms with E-state index in [-0.39, 0.29) is 35.5 Å². The molecule has 8 heterocycles. The first-order valence-corrected chi connectivity index (χ1v) is 29.8. The van der Waals surface area contributed by atoms with Crippen molar-refractivity contribution >= 4 is 73.9 Å². The van der Waals surface area contributed by atoms with Gasteiger partial charge in [-0.3, -0.25) is 14.4 Å². The van der Waals surface area contributed by atoms with Gasteiger partial charge < -0.3 is 62.8 Å². The summed E-state index contributed by atoms with van der Waals surface area (Å²) < 4.78 is 31.0. The lowest BCUT2D eigenvalue weighted by molar-refractivity contribution is -0.122. The number of nitrogens with zero attached hydrogens (tertiary/aromatic N) is 10. The number of alkyl carbamates (subject to hydrolysis) is 2. The van der Waals surface area contributed by atoms with Crippen LogP contribution in [0.5, 0.6) is 11.5 Å². The molecule has 0 unspecified atom stereocenters. The molecular formula is C64H74N12O10. The monoisotopic (exact) mass is 1170 g/mol. The van der Waals surface area contributed by atoms with Crippen molar-refractivity contribution < 1.29 is 48.0 Å². The number of nitrogens with one attached hydrogen (secondary N) is 2. The summed E-state index contributed by atoms with van der Waals surface area (Å²) >= 11 is 0. The Morgan fingerprint density at radius 1 is 0.640 bits per heavy atom. The van der Waals surface area contributed by atoms with Gasteiger partial charge in [0.25, 0.3) is 11.8 Å². The van der Waals surface area contributed by atoms with Crippen LogP contribution in [0.25, 0.3) is 67.2 Å². The number of likely N-dealkylation sites (tertiary alicyclic amines) is 2. The van der Waals surface area contributed by atoms with Crippen molar-refractivity contribution in [3.8, 4) is 34.5 Å². The third-order valence-corrected chi connectivity index (χ3v) is 17.7. The average Bonchev–Trinajstić information content (AvgIpc) is 1.70. The van der Waals surface area contributed by atoms with Gasteiger partial charge in [0.05, 0.1) is 60.9 Å². The maximum absolute atomic E-state index is 14.0. The number of carbonyl (C=O) groups excluding carboxylic acids is 5. The molecule has 3 N–H and O–H groups in total. The van der Waals surface area contributed by atoms with Crippen molar-refractivity contribution in [1.29, 1.82) is 0 Å². The summed E-state index contributed by atoms with van der Waals surface area (Å²) in [6, 6.07) is 17.1. The molecule has 6 fully saturated rings. The molecule has 14 rings (SSSR count). The van der Waals surface area contributed by atoms with E-state index in [2.05, 4.69) is 54.0 Å². The van der Waals surface area contributed by atoms with Crippen LogP contribution in [-0.2, 0) is 41.5 Å².